The molecule has 1 heterocycles. The van der Waals surface area contributed by atoms with E-state index in [1.807, 2.05) is 0 Å². The Balaban J connectivity index is 2.21. The minimum Gasteiger partial charge on any atom is -0.481 e. The van der Waals surface area contributed by atoms with Gasteiger partial charge < -0.3 is 15.2 Å². The molecule has 0 radical (unpaired) electrons. The van der Waals surface area contributed by atoms with Gasteiger partial charge in [-0.2, -0.15) is 0 Å². The normalized spacial score (nSPS) is 20.2. The Morgan fingerprint density at radius 1 is 1.40 bits per heavy atom. The molecule has 1 fully saturated rings. The summed E-state index contributed by atoms with van der Waals surface area (Å²) in [6, 6.07) is 5.53. The van der Waals surface area contributed by atoms with Crippen molar-refractivity contribution in [1.82, 2.24) is 10.0 Å². The molecule has 8 nitrogen and oxygen atoms in total. The molecule has 3 N–H and O–H groups in total. The average Bonchev–Trinajstić information content (AvgIpc) is 3.00. The Morgan fingerprint density at radius 3 is 2.76 bits per heavy atom. The van der Waals surface area contributed by atoms with Gasteiger partial charge in [-0.25, -0.2) is 13.1 Å². The van der Waals surface area contributed by atoms with Crippen LogP contribution in [-0.2, 0) is 19.6 Å². The lowest BCUT2D eigenvalue weighted by atomic mass is 9.94. The maximum absolute atomic E-state index is 12.5. The number of amides is 1. The third-order valence-electron chi connectivity index (χ3n) is 3.80. The van der Waals surface area contributed by atoms with Crippen LogP contribution in [0.4, 0.5) is 0 Å². The number of carbonyl (C=O) groups excluding carboxylic acids is 1. The monoisotopic (exact) mass is 368 g/mol. The first-order chi connectivity index (χ1) is 11.8. The molecule has 0 bridgehead atoms. The highest BCUT2D eigenvalue weighted by molar-refractivity contribution is 7.89. The minimum atomic E-state index is -3.76. The van der Waals surface area contributed by atoms with E-state index in [-0.39, 0.29) is 30.0 Å². The lowest BCUT2D eigenvalue weighted by Crippen LogP contribution is -2.50. The molecular formula is C16H20N2O6S. The zero-order valence-corrected chi connectivity index (χ0v) is 14.3. The van der Waals surface area contributed by atoms with Crippen LogP contribution in [0.15, 0.2) is 41.8 Å². The molecule has 1 amide bonds. The van der Waals surface area contributed by atoms with E-state index < -0.39 is 27.4 Å². The quantitative estimate of drug-likeness (QED) is 0.575. The summed E-state index contributed by atoms with van der Waals surface area (Å²) in [5.41, 5.74) is -0.864. The van der Waals surface area contributed by atoms with Crippen LogP contribution in [0.5, 0.6) is 0 Å². The molecule has 0 spiro atoms. The largest absolute Gasteiger partial charge is 0.481 e. The summed E-state index contributed by atoms with van der Waals surface area (Å²) >= 11 is 0. The maximum atomic E-state index is 12.5. The molecule has 0 aromatic heterocycles. The molecule has 1 unspecified atom stereocenters. The molecule has 2 rings (SSSR count). The van der Waals surface area contributed by atoms with Crippen molar-refractivity contribution < 1.29 is 27.9 Å². The predicted molar refractivity (Wildman–Crippen MR) is 89.7 cm³/mol. The van der Waals surface area contributed by atoms with Crippen molar-refractivity contribution in [2.75, 3.05) is 19.8 Å². The molecule has 1 aromatic rings. The second-order valence-electron chi connectivity index (χ2n) is 5.78. The summed E-state index contributed by atoms with van der Waals surface area (Å²) in [5, 5.41) is 11.7. The first kappa shape index (κ1) is 19.1. The molecule has 1 saturated heterocycles. The van der Waals surface area contributed by atoms with Crippen LogP contribution in [0.2, 0.25) is 0 Å². The number of carbonyl (C=O) groups is 2. The van der Waals surface area contributed by atoms with Crippen molar-refractivity contribution in [1.29, 1.82) is 0 Å². The topological polar surface area (TPSA) is 122 Å². The first-order valence-corrected chi connectivity index (χ1v) is 9.09. The fraction of sp³-hybridized carbons (Fsp3) is 0.375. The van der Waals surface area contributed by atoms with E-state index in [1.54, 1.807) is 0 Å². The molecule has 1 aromatic carbocycles. The van der Waals surface area contributed by atoms with Gasteiger partial charge in [0, 0.05) is 18.7 Å². The number of hydrogen-bond acceptors (Lipinski definition) is 5. The molecule has 9 heteroatoms. The number of rotatable bonds is 8. The predicted octanol–water partition coefficient (Wildman–Crippen LogP) is 0.515. The number of ether oxygens (including phenoxy) is 1. The van der Waals surface area contributed by atoms with Crippen molar-refractivity contribution in [2.45, 2.75) is 23.3 Å². The standard InChI is InChI=1S/C16H20N2O6S/c1-2-7-17-25(22,23)13-5-3-4-12(9-13)15(21)18-16(10-14(19)20)6-8-24-11-16/h2-5,9,17H,1,6-8,10-11H2,(H,18,21)(H,19,20). The average molecular weight is 368 g/mol. The Morgan fingerprint density at radius 2 is 2.16 bits per heavy atom. The second kappa shape index (κ2) is 7.77. The zero-order chi connectivity index (χ0) is 18.5. The van der Waals surface area contributed by atoms with Gasteiger partial charge in [0.2, 0.25) is 10.0 Å². The van der Waals surface area contributed by atoms with Crippen molar-refractivity contribution in [3.63, 3.8) is 0 Å². The van der Waals surface area contributed by atoms with Gasteiger partial charge in [-0.15, -0.1) is 6.58 Å². The van der Waals surface area contributed by atoms with Crippen molar-refractivity contribution >= 4 is 21.9 Å². The summed E-state index contributed by atoms with van der Waals surface area (Å²) in [6.45, 7) is 3.96. The van der Waals surface area contributed by atoms with Gasteiger partial charge in [-0.1, -0.05) is 12.1 Å². The highest BCUT2D eigenvalue weighted by atomic mass is 32.2. The van der Waals surface area contributed by atoms with Gasteiger partial charge in [-0.05, 0) is 24.6 Å². The van der Waals surface area contributed by atoms with Crippen LogP contribution in [0.1, 0.15) is 23.2 Å². The Bertz CT molecular complexity index is 769. The lowest BCUT2D eigenvalue weighted by molar-refractivity contribution is -0.138. The smallest absolute Gasteiger partial charge is 0.305 e. The molecule has 0 saturated carbocycles. The van der Waals surface area contributed by atoms with Crippen LogP contribution in [-0.4, -0.2) is 50.7 Å². The molecule has 1 aliphatic heterocycles. The van der Waals surface area contributed by atoms with Crippen LogP contribution >= 0.6 is 0 Å². The van der Waals surface area contributed by atoms with E-state index in [1.165, 1.54) is 30.3 Å². The number of benzene rings is 1. The molecule has 1 aliphatic rings. The van der Waals surface area contributed by atoms with Crippen LogP contribution in [0.3, 0.4) is 0 Å². The Hall–Kier alpha value is -2.23. The van der Waals surface area contributed by atoms with Crippen molar-refractivity contribution in [2.24, 2.45) is 0 Å². The second-order valence-corrected chi connectivity index (χ2v) is 7.54. The summed E-state index contributed by atoms with van der Waals surface area (Å²) in [6.07, 6.45) is 1.52. The van der Waals surface area contributed by atoms with E-state index in [4.69, 9.17) is 9.84 Å². The number of sulfonamides is 1. The number of nitrogens with one attached hydrogen (secondary N) is 2. The van der Waals surface area contributed by atoms with E-state index in [9.17, 15) is 18.0 Å². The Kier molecular flexibility index (Phi) is 5.93. The molecule has 0 aliphatic carbocycles. The highest BCUT2D eigenvalue weighted by Gasteiger charge is 2.38. The van der Waals surface area contributed by atoms with Gasteiger partial charge in [0.1, 0.15) is 0 Å². The molecular weight excluding hydrogens is 348 g/mol. The zero-order valence-electron chi connectivity index (χ0n) is 13.5. The van der Waals surface area contributed by atoms with Gasteiger partial charge in [-0.3, -0.25) is 9.59 Å². The van der Waals surface area contributed by atoms with Gasteiger partial charge in [0.25, 0.3) is 5.91 Å². The lowest BCUT2D eigenvalue weighted by Gasteiger charge is -2.27. The summed E-state index contributed by atoms with van der Waals surface area (Å²) < 4.78 is 31.8. The highest BCUT2D eigenvalue weighted by Crippen LogP contribution is 2.23. The Labute approximate surface area is 145 Å². The number of carboxylic acid groups (broad SMARTS) is 1. The van der Waals surface area contributed by atoms with Gasteiger partial charge in [0.15, 0.2) is 0 Å². The van der Waals surface area contributed by atoms with Crippen LogP contribution < -0.4 is 10.0 Å². The molecule has 25 heavy (non-hydrogen) atoms. The fourth-order valence-corrected chi connectivity index (χ4v) is 3.59. The van der Waals surface area contributed by atoms with Gasteiger partial charge >= 0.3 is 5.97 Å². The summed E-state index contributed by atoms with van der Waals surface area (Å²) in [7, 11) is -3.76. The minimum absolute atomic E-state index is 0.0584. The number of aliphatic carboxylic acids is 1. The third-order valence-corrected chi connectivity index (χ3v) is 5.22. The van der Waals surface area contributed by atoms with Crippen LogP contribution in [0, 0.1) is 0 Å². The SMILES string of the molecule is C=CCNS(=O)(=O)c1cccc(C(=O)NC2(CC(=O)O)CCOC2)c1. The van der Waals surface area contributed by atoms with Gasteiger partial charge in [0.05, 0.1) is 23.5 Å². The first-order valence-electron chi connectivity index (χ1n) is 7.61. The molecule has 1 atom stereocenters. The number of hydrogen-bond donors (Lipinski definition) is 3. The molecule has 136 valence electrons. The van der Waals surface area contributed by atoms with E-state index in [0.29, 0.717) is 13.0 Å². The van der Waals surface area contributed by atoms with Crippen molar-refractivity contribution in [3.05, 3.63) is 42.5 Å². The summed E-state index contributed by atoms with van der Waals surface area (Å²) in [5.74, 6) is -1.59. The van der Waals surface area contributed by atoms with E-state index in [2.05, 4.69) is 16.6 Å². The van der Waals surface area contributed by atoms with Crippen LogP contribution in [0.25, 0.3) is 0 Å². The number of carboxylic acids is 1. The maximum Gasteiger partial charge on any atom is 0.305 e. The van der Waals surface area contributed by atoms with E-state index >= 15 is 0 Å². The third kappa shape index (κ3) is 4.88. The summed E-state index contributed by atoms with van der Waals surface area (Å²) in [4.78, 5) is 23.5. The fourth-order valence-electron chi connectivity index (χ4n) is 2.55. The van der Waals surface area contributed by atoms with E-state index in [0.717, 1.165) is 0 Å². The van der Waals surface area contributed by atoms with Crippen molar-refractivity contribution in [3.8, 4) is 0 Å².